The van der Waals surface area contributed by atoms with Crippen molar-refractivity contribution in [1.29, 1.82) is 0 Å². The average molecular weight is 391 g/mol. The Balaban J connectivity index is 1.93. The Morgan fingerprint density at radius 2 is 2.00 bits per heavy atom. The van der Waals surface area contributed by atoms with Crippen LogP contribution in [0.5, 0.6) is 11.5 Å². The minimum Gasteiger partial charge on any atom is -0.493 e. The first-order valence-corrected chi connectivity index (χ1v) is 8.60. The molecule has 1 unspecified atom stereocenters. The Labute approximate surface area is 149 Å². The fraction of sp³-hybridized carbons (Fsp3) is 0.278. The van der Waals surface area contributed by atoms with Crippen LogP contribution in [0.1, 0.15) is 35.4 Å². The number of para-hydroxylation sites is 1. The molecule has 2 N–H and O–H groups in total. The second kappa shape index (κ2) is 7.13. The largest absolute Gasteiger partial charge is 0.493 e. The lowest BCUT2D eigenvalue weighted by Gasteiger charge is -2.28. The molecule has 0 fully saturated rings. The molecule has 24 heavy (non-hydrogen) atoms. The number of halogens is 1. The first-order valence-electron chi connectivity index (χ1n) is 7.80. The van der Waals surface area contributed by atoms with Crippen LogP contribution in [0, 0.1) is 0 Å². The average Bonchev–Trinajstić information content (AvgIpc) is 2.60. The van der Waals surface area contributed by atoms with E-state index in [1.54, 1.807) is 13.2 Å². The second-order valence-electron chi connectivity index (χ2n) is 5.48. The smallest absolute Gasteiger partial charge is 0.255 e. The number of ether oxygens (including phenoxy) is 2. The van der Waals surface area contributed by atoms with E-state index in [0.717, 1.165) is 22.1 Å². The van der Waals surface area contributed by atoms with Crippen molar-refractivity contribution in [3.63, 3.8) is 0 Å². The van der Waals surface area contributed by atoms with Crippen molar-refractivity contribution in [1.82, 2.24) is 5.32 Å². The van der Waals surface area contributed by atoms with Crippen LogP contribution in [0.15, 0.2) is 40.9 Å². The maximum absolute atomic E-state index is 12.3. The van der Waals surface area contributed by atoms with Crippen molar-refractivity contribution in [3.05, 3.63) is 52.0 Å². The molecule has 1 heterocycles. The number of anilines is 1. The van der Waals surface area contributed by atoms with E-state index in [0.29, 0.717) is 23.7 Å². The van der Waals surface area contributed by atoms with Crippen molar-refractivity contribution in [2.24, 2.45) is 0 Å². The molecule has 6 heteroatoms. The van der Waals surface area contributed by atoms with E-state index in [9.17, 15) is 4.79 Å². The minimum atomic E-state index is -0.335. The number of carbonyl (C=O) groups is 1. The number of benzene rings is 2. The van der Waals surface area contributed by atoms with Crippen molar-refractivity contribution < 1.29 is 14.3 Å². The SMILES string of the molecule is CCCOc1c(Br)cc(C2NC(=O)c3ccccc3N2)cc1OC. The highest BCUT2D eigenvalue weighted by Crippen LogP contribution is 2.39. The lowest BCUT2D eigenvalue weighted by Crippen LogP contribution is -2.38. The zero-order valence-electron chi connectivity index (χ0n) is 13.6. The topological polar surface area (TPSA) is 59.6 Å². The molecule has 1 amide bonds. The number of amides is 1. The van der Waals surface area contributed by atoms with E-state index in [1.807, 2.05) is 37.3 Å². The molecular weight excluding hydrogens is 372 g/mol. The van der Waals surface area contributed by atoms with Gasteiger partial charge < -0.3 is 20.1 Å². The van der Waals surface area contributed by atoms with Crippen LogP contribution in [0.4, 0.5) is 5.69 Å². The number of carbonyl (C=O) groups excluding carboxylic acids is 1. The van der Waals surface area contributed by atoms with Gasteiger partial charge in [-0.25, -0.2) is 0 Å². The molecule has 1 atom stereocenters. The Kier molecular flexibility index (Phi) is 4.94. The minimum absolute atomic E-state index is 0.101. The van der Waals surface area contributed by atoms with E-state index in [4.69, 9.17) is 9.47 Å². The molecule has 0 bridgehead atoms. The summed E-state index contributed by atoms with van der Waals surface area (Å²) in [4.78, 5) is 12.3. The molecule has 0 saturated carbocycles. The summed E-state index contributed by atoms with van der Waals surface area (Å²) < 4.78 is 12.0. The van der Waals surface area contributed by atoms with Crippen molar-refractivity contribution >= 4 is 27.5 Å². The molecule has 2 aromatic carbocycles. The van der Waals surface area contributed by atoms with Crippen LogP contribution in [0.2, 0.25) is 0 Å². The Morgan fingerprint density at radius 1 is 1.21 bits per heavy atom. The normalized spacial score (nSPS) is 16.0. The van der Waals surface area contributed by atoms with Gasteiger partial charge in [-0.3, -0.25) is 4.79 Å². The van der Waals surface area contributed by atoms with Gasteiger partial charge in [0, 0.05) is 5.69 Å². The molecule has 0 spiro atoms. The number of hydrogen-bond acceptors (Lipinski definition) is 4. The Bertz CT molecular complexity index is 764. The summed E-state index contributed by atoms with van der Waals surface area (Å²) in [6, 6.07) is 11.2. The van der Waals surface area contributed by atoms with E-state index >= 15 is 0 Å². The summed E-state index contributed by atoms with van der Waals surface area (Å²) in [5.74, 6) is 1.20. The monoisotopic (exact) mass is 390 g/mol. The van der Waals surface area contributed by atoms with Crippen LogP contribution in [0.3, 0.4) is 0 Å². The highest BCUT2D eigenvalue weighted by atomic mass is 79.9. The summed E-state index contributed by atoms with van der Waals surface area (Å²) in [7, 11) is 1.60. The van der Waals surface area contributed by atoms with Crippen LogP contribution in [-0.2, 0) is 0 Å². The molecule has 126 valence electrons. The molecule has 2 aromatic rings. The van der Waals surface area contributed by atoms with Gasteiger partial charge in [0.2, 0.25) is 0 Å². The van der Waals surface area contributed by atoms with E-state index in [1.165, 1.54) is 0 Å². The molecule has 0 radical (unpaired) electrons. The summed E-state index contributed by atoms with van der Waals surface area (Å²) >= 11 is 3.54. The number of rotatable bonds is 5. The lowest BCUT2D eigenvalue weighted by molar-refractivity contribution is 0.0935. The quantitative estimate of drug-likeness (QED) is 0.806. The molecule has 1 aliphatic rings. The number of fused-ring (bicyclic) bond motifs is 1. The Hall–Kier alpha value is -2.21. The van der Waals surface area contributed by atoms with Gasteiger partial charge in [-0.05, 0) is 52.2 Å². The molecule has 0 aromatic heterocycles. The fourth-order valence-corrected chi connectivity index (χ4v) is 3.20. The predicted octanol–water partition coefficient (Wildman–Crippen LogP) is 4.10. The highest BCUT2D eigenvalue weighted by molar-refractivity contribution is 9.10. The molecule has 0 saturated heterocycles. The van der Waals surface area contributed by atoms with Gasteiger partial charge in [0.1, 0.15) is 6.17 Å². The first-order chi connectivity index (χ1) is 11.6. The second-order valence-corrected chi connectivity index (χ2v) is 6.33. The zero-order valence-corrected chi connectivity index (χ0v) is 15.1. The first kappa shape index (κ1) is 16.6. The number of nitrogens with one attached hydrogen (secondary N) is 2. The van der Waals surface area contributed by atoms with Crippen LogP contribution in [0.25, 0.3) is 0 Å². The van der Waals surface area contributed by atoms with Gasteiger partial charge in [-0.1, -0.05) is 19.1 Å². The fourth-order valence-electron chi connectivity index (χ4n) is 2.62. The summed E-state index contributed by atoms with van der Waals surface area (Å²) in [5, 5.41) is 6.30. The molecular formula is C18H19BrN2O3. The van der Waals surface area contributed by atoms with Crippen molar-refractivity contribution in [2.75, 3.05) is 19.0 Å². The third kappa shape index (κ3) is 3.19. The van der Waals surface area contributed by atoms with Crippen LogP contribution < -0.4 is 20.1 Å². The maximum Gasteiger partial charge on any atom is 0.255 e. The highest BCUT2D eigenvalue weighted by Gasteiger charge is 2.25. The number of methoxy groups -OCH3 is 1. The van der Waals surface area contributed by atoms with Gasteiger partial charge >= 0.3 is 0 Å². The molecule has 0 aliphatic carbocycles. The van der Waals surface area contributed by atoms with Crippen LogP contribution >= 0.6 is 15.9 Å². The molecule has 5 nitrogen and oxygen atoms in total. The zero-order chi connectivity index (χ0) is 17.1. The van der Waals surface area contributed by atoms with Gasteiger partial charge in [0.05, 0.1) is 23.8 Å². The summed E-state index contributed by atoms with van der Waals surface area (Å²) in [6.07, 6.45) is 0.576. The lowest BCUT2D eigenvalue weighted by atomic mass is 10.1. The molecule has 1 aliphatic heterocycles. The standard InChI is InChI=1S/C18H19BrN2O3/c1-3-8-24-16-13(19)9-11(10-15(16)23-2)17-20-14-7-5-4-6-12(14)18(22)21-17/h4-7,9-10,17,20H,3,8H2,1-2H3,(H,21,22). The maximum atomic E-state index is 12.3. The summed E-state index contributed by atoms with van der Waals surface area (Å²) in [6.45, 7) is 2.66. The van der Waals surface area contributed by atoms with Gasteiger partial charge in [0.15, 0.2) is 11.5 Å². The predicted molar refractivity (Wildman–Crippen MR) is 96.8 cm³/mol. The van der Waals surface area contributed by atoms with Gasteiger partial charge in [-0.15, -0.1) is 0 Å². The van der Waals surface area contributed by atoms with Gasteiger partial charge in [0.25, 0.3) is 5.91 Å². The Morgan fingerprint density at radius 3 is 2.75 bits per heavy atom. The van der Waals surface area contributed by atoms with E-state index in [-0.39, 0.29) is 12.1 Å². The molecule has 3 rings (SSSR count). The third-order valence-corrected chi connectivity index (χ3v) is 4.37. The van der Waals surface area contributed by atoms with Crippen LogP contribution in [-0.4, -0.2) is 19.6 Å². The van der Waals surface area contributed by atoms with E-state index < -0.39 is 0 Å². The van der Waals surface area contributed by atoms with Gasteiger partial charge in [-0.2, -0.15) is 0 Å². The summed E-state index contributed by atoms with van der Waals surface area (Å²) in [5.41, 5.74) is 2.33. The van der Waals surface area contributed by atoms with Crippen molar-refractivity contribution in [2.45, 2.75) is 19.5 Å². The van der Waals surface area contributed by atoms with E-state index in [2.05, 4.69) is 26.6 Å². The third-order valence-electron chi connectivity index (χ3n) is 3.78. The van der Waals surface area contributed by atoms with Crippen molar-refractivity contribution in [3.8, 4) is 11.5 Å². The number of hydrogen-bond donors (Lipinski definition) is 2.